The van der Waals surface area contributed by atoms with Gasteiger partial charge in [-0.2, -0.15) is 5.10 Å². The van der Waals surface area contributed by atoms with Crippen LogP contribution < -0.4 is 5.43 Å². The fraction of sp³-hybridized carbons (Fsp3) is 0.278. The molecule has 1 fully saturated rings. The minimum Gasteiger partial charge on any atom is -0.273 e. The molecule has 1 aliphatic rings. The van der Waals surface area contributed by atoms with Crippen LogP contribution in [0.4, 0.5) is 0 Å². The van der Waals surface area contributed by atoms with E-state index in [2.05, 4.69) is 25.5 Å². The van der Waals surface area contributed by atoms with E-state index in [0.717, 1.165) is 30.8 Å². The first-order valence-corrected chi connectivity index (χ1v) is 8.57. The normalized spacial score (nSPS) is 14.4. The number of nitrogens with one attached hydrogen (secondary N) is 1. The first kappa shape index (κ1) is 16.3. The molecule has 4 heterocycles. The number of carbonyl (C=O) groups excluding carboxylic acids is 1. The van der Waals surface area contributed by atoms with Crippen molar-refractivity contribution in [3.05, 3.63) is 54.4 Å². The van der Waals surface area contributed by atoms with Crippen LogP contribution >= 0.6 is 0 Å². The Kier molecular flexibility index (Phi) is 4.40. The van der Waals surface area contributed by atoms with Gasteiger partial charge in [0.05, 0.1) is 29.5 Å². The Bertz CT molecular complexity index is 899. The number of carbonyl (C=O) groups is 1. The van der Waals surface area contributed by atoms with Gasteiger partial charge < -0.3 is 0 Å². The van der Waals surface area contributed by atoms with E-state index in [9.17, 15) is 4.79 Å². The Labute approximate surface area is 150 Å². The summed E-state index contributed by atoms with van der Waals surface area (Å²) in [5, 5.41) is 6.16. The molecule has 8 heteroatoms. The van der Waals surface area contributed by atoms with E-state index in [1.807, 2.05) is 19.1 Å². The number of rotatable bonds is 3. The third kappa shape index (κ3) is 3.18. The molecule has 1 aliphatic heterocycles. The number of hydrazine groups is 1. The van der Waals surface area contributed by atoms with Crippen molar-refractivity contribution in [2.24, 2.45) is 0 Å². The van der Waals surface area contributed by atoms with E-state index in [1.165, 1.54) is 0 Å². The predicted octanol–water partition coefficient (Wildman–Crippen LogP) is 1.77. The second-order valence-electron chi connectivity index (χ2n) is 6.15. The Hall–Kier alpha value is -3.13. The van der Waals surface area contributed by atoms with Crippen molar-refractivity contribution in [2.75, 3.05) is 13.1 Å². The summed E-state index contributed by atoms with van der Waals surface area (Å²) in [5.41, 5.74) is 6.43. The van der Waals surface area contributed by atoms with Crippen LogP contribution in [-0.4, -0.2) is 48.7 Å². The third-order valence-electron chi connectivity index (χ3n) is 4.22. The van der Waals surface area contributed by atoms with Gasteiger partial charge in [-0.05, 0) is 38.0 Å². The minimum atomic E-state index is -0.145. The van der Waals surface area contributed by atoms with Crippen molar-refractivity contribution in [1.82, 2.24) is 35.2 Å². The molecule has 0 unspecified atom stereocenters. The number of pyridine rings is 1. The largest absolute Gasteiger partial charge is 0.288 e. The molecular weight excluding hydrogens is 330 g/mol. The highest BCUT2D eigenvalue weighted by atomic mass is 16.2. The van der Waals surface area contributed by atoms with Gasteiger partial charge in [-0.15, -0.1) is 0 Å². The summed E-state index contributed by atoms with van der Waals surface area (Å²) < 4.78 is 1.68. The highest BCUT2D eigenvalue weighted by Gasteiger charge is 2.23. The van der Waals surface area contributed by atoms with Gasteiger partial charge in [0.25, 0.3) is 5.91 Å². The average Bonchev–Trinajstić information content (AvgIpc) is 3.15. The number of hydrogen-bond donors (Lipinski definition) is 1. The summed E-state index contributed by atoms with van der Waals surface area (Å²) in [6.45, 7) is 3.36. The molecule has 0 radical (unpaired) electrons. The van der Waals surface area contributed by atoms with Gasteiger partial charge in [0.1, 0.15) is 5.69 Å². The molecule has 1 saturated heterocycles. The Morgan fingerprint density at radius 2 is 2.12 bits per heavy atom. The molecule has 4 rings (SSSR count). The molecule has 0 atom stereocenters. The molecular formula is C18H19N7O. The summed E-state index contributed by atoms with van der Waals surface area (Å²) in [5.74, 6) is -0.145. The highest BCUT2D eigenvalue weighted by molar-refractivity contribution is 5.93. The molecule has 3 aromatic rings. The fourth-order valence-corrected chi connectivity index (χ4v) is 2.87. The Morgan fingerprint density at radius 1 is 1.19 bits per heavy atom. The van der Waals surface area contributed by atoms with E-state index < -0.39 is 0 Å². The van der Waals surface area contributed by atoms with Crippen LogP contribution in [0.1, 0.15) is 29.0 Å². The smallest absolute Gasteiger partial charge is 0.273 e. The standard InChI is InChI=1S/C18H19N7O/c1-13-10-21-16(12-20-13)17-9-15(18(26)24-8-3-2-7-22-24)23-25(17)14-5-4-6-19-11-14/h4-6,9-12,22H,2-3,7-8H2,1H3. The van der Waals surface area contributed by atoms with Gasteiger partial charge in [0, 0.05) is 25.5 Å². The van der Waals surface area contributed by atoms with Crippen molar-refractivity contribution in [3.8, 4) is 17.1 Å². The minimum absolute atomic E-state index is 0.145. The number of nitrogens with zero attached hydrogens (tertiary/aromatic N) is 6. The van der Waals surface area contributed by atoms with Crippen molar-refractivity contribution in [2.45, 2.75) is 19.8 Å². The summed E-state index contributed by atoms with van der Waals surface area (Å²) in [6, 6.07) is 5.47. The maximum Gasteiger partial charge on any atom is 0.288 e. The second kappa shape index (κ2) is 7.01. The SMILES string of the molecule is Cc1cnc(-c2cc(C(=O)N3CCCCN3)nn2-c2cccnc2)cn1. The van der Waals surface area contributed by atoms with Crippen molar-refractivity contribution in [3.63, 3.8) is 0 Å². The molecule has 0 saturated carbocycles. The van der Waals surface area contributed by atoms with Crippen LogP contribution in [0.5, 0.6) is 0 Å². The van der Waals surface area contributed by atoms with Crippen molar-refractivity contribution < 1.29 is 4.79 Å². The first-order chi connectivity index (χ1) is 12.7. The summed E-state index contributed by atoms with van der Waals surface area (Å²) in [4.78, 5) is 25.7. The van der Waals surface area contributed by atoms with E-state index in [4.69, 9.17) is 0 Å². The molecule has 8 nitrogen and oxygen atoms in total. The molecule has 0 bridgehead atoms. The third-order valence-corrected chi connectivity index (χ3v) is 4.22. The van der Waals surface area contributed by atoms with Crippen LogP contribution in [0.25, 0.3) is 17.1 Å². The molecule has 0 aliphatic carbocycles. The number of aryl methyl sites for hydroxylation is 1. The van der Waals surface area contributed by atoms with Gasteiger partial charge in [0.15, 0.2) is 5.69 Å². The summed E-state index contributed by atoms with van der Waals surface area (Å²) in [7, 11) is 0. The molecule has 0 spiro atoms. The summed E-state index contributed by atoms with van der Waals surface area (Å²) >= 11 is 0. The second-order valence-corrected chi connectivity index (χ2v) is 6.15. The number of amides is 1. The first-order valence-electron chi connectivity index (χ1n) is 8.57. The van der Waals surface area contributed by atoms with Crippen LogP contribution in [0.2, 0.25) is 0 Å². The molecule has 1 N–H and O–H groups in total. The molecule has 1 amide bonds. The van der Waals surface area contributed by atoms with Gasteiger partial charge in [-0.1, -0.05) is 0 Å². The zero-order chi connectivity index (χ0) is 17.9. The lowest BCUT2D eigenvalue weighted by Gasteiger charge is -2.26. The molecule has 132 valence electrons. The maximum absolute atomic E-state index is 12.8. The van der Waals surface area contributed by atoms with Crippen LogP contribution in [-0.2, 0) is 0 Å². The van der Waals surface area contributed by atoms with Crippen LogP contribution in [0.3, 0.4) is 0 Å². The van der Waals surface area contributed by atoms with E-state index in [1.54, 1.807) is 40.5 Å². The monoisotopic (exact) mass is 349 g/mol. The number of hydrogen-bond acceptors (Lipinski definition) is 6. The van der Waals surface area contributed by atoms with Crippen molar-refractivity contribution in [1.29, 1.82) is 0 Å². The zero-order valence-electron chi connectivity index (χ0n) is 14.5. The van der Waals surface area contributed by atoms with Gasteiger partial charge in [0.2, 0.25) is 0 Å². The lowest BCUT2D eigenvalue weighted by Crippen LogP contribution is -2.47. The maximum atomic E-state index is 12.8. The lowest BCUT2D eigenvalue weighted by molar-refractivity contribution is 0.0604. The van der Waals surface area contributed by atoms with Crippen molar-refractivity contribution >= 4 is 5.91 Å². The lowest BCUT2D eigenvalue weighted by atomic mass is 10.2. The Balaban J connectivity index is 1.77. The van der Waals surface area contributed by atoms with Crippen LogP contribution in [0, 0.1) is 6.92 Å². The van der Waals surface area contributed by atoms with Crippen LogP contribution in [0.15, 0.2) is 43.0 Å². The highest BCUT2D eigenvalue weighted by Crippen LogP contribution is 2.22. The van der Waals surface area contributed by atoms with Gasteiger partial charge in [-0.25, -0.2) is 10.1 Å². The Morgan fingerprint density at radius 3 is 2.81 bits per heavy atom. The number of aromatic nitrogens is 5. The predicted molar refractivity (Wildman–Crippen MR) is 95.4 cm³/mol. The topological polar surface area (TPSA) is 88.8 Å². The van der Waals surface area contributed by atoms with E-state index in [0.29, 0.717) is 23.6 Å². The molecule has 3 aromatic heterocycles. The van der Waals surface area contributed by atoms with Gasteiger partial charge >= 0.3 is 0 Å². The molecule has 26 heavy (non-hydrogen) atoms. The zero-order valence-corrected chi connectivity index (χ0v) is 14.5. The summed E-state index contributed by atoms with van der Waals surface area (Å²) in [6.07, 6.45) is 8.83. The fourth-order valence-electron chi connectivity index (χ4n) is 2.87. The van der Waals surface area contributed by atoms with E-state index >= 15 is 0 Å². The van der Waals surface area contributed by atoms with E-state index in [-0.39, 0.29) is 5.91 Å². The molecule has 0 aromatic carbocycles. The van der Waals surface area contributed by atoms with Gasteiger partial charge in [-0.3, -0.25) is 24.8 Å². The quantitative estimate of drug-likeness (QED) is 0.775. The average molecular weight is 349 g/mol.